The number of nitrogens with two attached hydrogens (primary N) is 1. The summed E-state index contributed by atoms with van der Waals surface area (Å²) in [6.07, 6.45) is 5.56. The molecule has 3 aromatic heterocycles. The number of ether oxygens (including phenoxy) is 1. The van der Waals surface area contributed by atoms with E-state index in [1.54, 1.807) is 6.20 Å². The van der Waals surface area contributed by atoms with Crippen molar-refractivity contribution >= 4 is 17.6 Å². The van der Waals surface area contributed by atoms with Crippen molar-refractivity contribution in [3.05, 3.63) is 54.4 Å². The largest absolute Gasteiger partial charge is 0.372 e. The Bertz CT molecular complexity index is 1160. The maximum atomic E-state index is 5.84. The summed E-state index contributed by atoms with van der Waals surface area (Å²) < 4.78 is 11.2. The van der Waals surface area contributed by atoms with Gasteiger partial charge in [-0.1, -0.05) is 23.4 Å². The van der Waals surface area contributed by atoms with E-state index >= 15 is 0 Å². The van der Waals surface area contributed by atoms with Crippen molar-refractivity contribution in [2.24, 2.45) is 0 Å². The Hall–Kier alpha value is -3.92. The average molecular weight is 416 g/mol. The van der Waals surface area contributed by atoms with Crippen LogP contribution >= 0.6 is 0 Å². The highest BCUT2D eigenvalue weighted by Crippen LogP contribution is 2.24. The summed E-state index contributed by atoms with van der Waals surface area (Å²) in [7, 11) is 0. The number of hydrogen-bond donors (Lipinski definition) is 2. The molecule has 10 heteroatoms. The van der Waals surface area contributed by atoms with Gasteiger partial charge in [-0.05, 0) is 43.5 Å². The van der Waals surface area contributed by atoms with Crippen LogP contribution in [0.2, 0.25) is 0 Å². The number of pyridine rings is 1. The van der Waals surface area contributed by atoms with Crippen LogP contribution in [-0.2, 0) is 11.3 Å². The second-order valence-corrected chi connectivity index (χ2v) is 7.16. The minimum atomic E-state index is 0.0484. The van der Waals surface area contributed by atoms with Crippen LogP contribution in [0.4, 0.5) is 17.6 Å². The van der Waals surface area contributed by atoms with Gasteiger partial charge in [0.15, 0.2) is 0 Å². The SMILES string of the molecule is Nc1nc(Nc2ccccc2)nc(-c2noc(-c3ccc(COC4CCC4)nc3)n2)n1. The molecule has 1 aromatic carbocycles. The first-order valence-electron chi connectivity index (χ1n) is 9.97. The van der Waals surface area contributed by atoms with E-state index in [4.69, 9.17) is 15.0 Å². The summed E-state index contributed by atoms with van der Waals surface area (Å²) >= 11 is 0. The molecule has 0 radical (unpaired) electrons. The molecule has 0 aliphatic heterocycles. The van der Waals surface area contributed by atoms with Gasteiger partial charge in [-0.15, -0.1) is 0 Å². The van der Waals surface area contributed by atoms with Gasteiger partial charge in [-0.25, -0.2) is 0 Å². The molecule has 3 N–H and O–H groups in total. The molecular formula is C21H20N8O2. The Balaban J connectivity index is 1.32. The fraction of sp³-hybridized carbons (Fsp3) is 0.238. The monoisotopic (exact) mass is 416 g/mol. The summed E-state index contributed by atoms with van der Waals surface area (Å²) in [4.78, 5) is 21.4. The van der Waals surface area contributed by atoms with Gasteiger partial charge in [-0.2, -0.15) is 19.9 Å². The summed E-state index contributed by atoms with van der Waals surface area (Å²) in [6.45, 7) is 0.501. The first-order chi connectivity index (χ1) is 15.2. The van der Waals surface area contributed by atoms with Crippen LogP contribution in [0.3, 0.4) is 0 Å². The maximum Gasteiger partial charge on any atom is 0.259 e. The predicted octanol–water partition coefficient (Wildman–Crippen LogP) is 3.38. The molecular weight excluding hydrogens is 396 g/mol. The lowest BCUT2D eigenvalue weighted by Gasteiger charge is -2.25. The fourth-order valence-electron chi connectivity index (χ4n) is 3.01. The van der Waals surface area contributed by atoms with Gasteiger partial charge in [0, 0.05) is 11.9 Å². The molecule has 3 heterocycles. The van der Waals surface area contributed by atoms with Gasteiger partial charge in [0.1, 0.15) is 0 Å². The molecule has 0 amide bonds. The normalized spacial score (nSPS) is 13.7. The van der Waals surface area contributed by atoms with E-state index in [1.165, 1.54) is 6.42 Å². The summed E-state index contributed by atoms with van der Waals surface area (Å²) in [5.74, 6) is 1.06. The minimum Gasteiger partial charge on any atom is -0.372 e. The maximum absolute atomic E-state index is 5.84. The van der Waals surface area contributed by atoms with Crippen molar-refractivity contribution in [3.8, 4) is 23.1 Å². The Morgan fingerprint density at radius 1 is 1.00 bits per heavy atom. The molecule has 10 nitrogen and oxygen atoms in total. The molecule has 0 atom stereocenters. The molecule has 0 unspecified atom stereocenters. The molecule has 1 saturated carbocycles. The van der Waals surface area contributed by atoms with Crippen LogP contribution in [0.15, 0.2) is 53.2 Å². The number of hydrogen-bond acceptors (Lipinski definition) is 10. The molecule has 156 valence electrons. The topological polar surface area (TPSA) is 138 Å². The minimum absolute atomic E-state index is 0.0484. The van der Waals surface area contributed by atoms with Crippen molar-refractivity contribution in [1.82, 2.24) is 30.1 Å². The molecule has 5 rings (SSSR count). The lowest BCUT2D eigenvalue weighted by atomic mass is 9.96. The number of benzene rings is 1. The highest BCUT2D eigenvalue weighted by atomic mass is 16.5. The van der Waals surface area contributed by atoms with Gasteiger partial charge < -0.3 is 20.3 Å². The van der Waals surface area contributed by atoms with Gasteiger partial charge in [0.05, 0.1) is 24.0 Å². The highest BCUT2D eigenvalue weighted by molar-refractivity contribution is 5.58. The summed E-state index contributed by atoms with van der Waals surface area (Å²) in [5.41, 5.74) is 8.21. The van der Waals surface area contributed by atoms with Gasteiger partial charge >= 0.3 is 0 Å². The molecule has 0 saturated heterocycles. The van der Waals surface area contributed by atoms with Crippen LogP contribution < -0.4 is 11.1 Å². The third-order valence-corrected chi connectivity index (χ3v) is 4.90. The Kier molecular flexibility index (Phi) is 5.19. The zero-order chi connectivity index (χ0) is 21.0. The Morgan fingerprint density at radius 3 is 2.61 bits per heavy atom. The quantitative estimate of drug-likeness (QED) is 0.461. The number of rotatable bonds is 7. The number of anilines is 3. The standard InChI is InChI=1S/C21H20N8O2/c22-20-26-17(27-21(28-20)24-14-5-2-1-3-6-14)18-25-19(31-29-18)13-9-10-15(23-11-13)12-30-16-7-4-8-16/h1-3,5-6,9-11,16H,4,7-8,12H2,(H3,22,24,26,27,28). The van der Waals surface area contributed by atoms with E-state index in [2.05, 4.69) is 35.4 Å². The molecule has 0 spiro atoms. The Labute approximate surface area is 177 Å². The second kappa shape index (κ2) is 8.44. The molecule has 4 aromatic rings. The molecule has 0 bridgehead atoms. The van der Waals surface area contributed by atoms with Crippen molar-refractivity contribution in [3.63, 3.8) is 0 Å². The van der Waals surface area contributed by atoms with Crippen molar-refractivity contribution in [2.75, 3.05) is 11.1 Å². The van der Waals surface area contributed by atoms with Crippen LogP contribution in [0.5, 0.6) is 0 Å². The second-order valence-electron chi connectivity index (χ2n) is 7.16. The third kappa shape index (κ3) is 4.48. The first kappa shape index (κ1) is 19.1. The zero-order valence-corrected chi connectivity index (χ0v) is 16.6. The van der Waals surface area contributed by atoms with E-state index in [-0.39, 0.29) is 23.5 Å². The number of nitrogen functional groups attached to an aromatic ring is 1. The highest BCUT2D eigenvalue weighted by Gasteiger charge is 2.18. The van der Waals surface area contributed by atoms with Crippen molar-refractivity contribution < 1.29 is 9.26 Å². The van der Waals surface area contributed by atoms with Crippen LogP contribution in [0.25, 0.3) is 23.1 Å². The van der Waals surface area contributed by atoms with Gasteiger partial charge in [0.25, 0.3) is 5.89 Å². The summed E-state index contributed by atoms with van der Waals surface area (Å²) in [6, 6.07) is 13.3. The lowest BCUT2D eigenvalue weighted by Crippen LogP contribution is -2.21. The van der Waals surface area contributed by atoms with Crippen LogP contribution in [0, 0.1) is 0 Å². The van der Waals surface area contributed by atoms with Crippen LogP contribution in [0.1, 0.15) is 25.0 Å². The molecule has 1 aliphatic carbocycles. The van der Waals surface area contributed by atoms with Crippen molar-refractivity contribution in [1.29, 1.82) is 0 Å². The van der Waals surface area contributed by atoms with Crippen LogP contribution in [-0.4, -0.2) is 36.2 Å². The first-order valence-corrected chi connectivity index (χ1v) is 9.97. The molecule has 31 heavy (non-hydrogen) atoms. The van der Waals surface area contributed by atoms with E-state index in [1.807, 2.05) is 42.5 Å². The van der Waals surface area contributed by atoms with Gasteiger partial charge in [0.2, 0.25) is 23.5 Å². The van der Waals surface area contributed by atoms with E-state index in [0.717, 1.165) is 24.2 Å². The third-order valence-electron chi connectivity index (χ3n) is 4.90. The van der Waals surface area contributed by atoms with E-state index < -0.39 is 0 Å². The predicted molar refractivity (Wildman–Crippen MR) is 113 cm³/mol. The average Bonchev–Trinajstić information content (AvgIpc) is 3.24. The lowest BCUT2D eigenvalue weighted by molar-refractivity contribution is -0.0101. The Morgan fingerprint density at radius 2 is 1.87 bits per heavy atom. The number of aromatic nitrogens is 6. The zero-order valence-electron chi connectivity index (χ0n) is 16.6. The number of nitrogens with zero attached hydrogens (tertiary/aromatic N) is 6. The van der Waals surface area contributed by atoms with E-state index in [9.17, 15) is 0 Å². The number of nitrogens with one attached hydrogen (secondary N) is 1. The molecule has 1 aliphatic rings. The van der Waals surface area contributed by atoms with Crippen molar-refractivity contribution in [2.45, 2.75) is 32.0 Å². The smallest absolute Gasteiger partial charge is 0.259 e. The summed E-state index contributed by atoms with van der Waals surface area (Å²) in [5, 5.41) is 7.06. The van der Waals surface area contributed by atoms with E-state index in [0.29, 0.717) is 24.2 Å². The van der Waals surface area contributed by atoms with Gasteiger partial charge in [-0.3, -0.25) is 4.98 Å². The molecule has 1 fully saturated rings. The number of para-hydroxylation sites is 1. The fourth-order valence-corrected chi connectivity index (χ4v) is 3.01.